The quantitative estimate of drug-likeness (QED) is 0.842. The average Bonchev–Trinajstić information content (AvgIpc) is 2.46. The van der Waals surface area contributed by atoms with Crippen LogP contribution < -0.4 is 4.72 Å². The van der Waals surface area contributed by atoms with Gasteiger partial charge in [0.25, 0.3) is 0 Å². The maximum Gasteiger partial charge on any atom is 0.242 e. The Bertz CT molecular complexity index is 527. The molecule has 0 spiro atoms. The molecule has 1 atom stereocenters. The summed E-state index contributed by atoms with van der Waals surface area (Å²) < 4.78 is 26.9. The molecule has 5 nitrogen and oxygen atoms in total. The van der Waals surface area contributed by atoms with Crippen LogP contribution in [0.5, 0.6) is 0 Å². The summed E-state index contributed by atoms with van der Waals surface area (Å²) in [6, 6.07) is 3.14. The molecule has 1 fully saturated rings. The molecule has 1 aromatic rings. The molecule has 1 N–H and O–H groups in total. The van der Waals surface area contributed by atoms with Crippen LogP contribution >= 0.6 is 11.6 Å². The van der Waals surface area contributed by atoms with Crippen molar-refractivity contribution in [3.8, 4) is 0 Å². The maximum atomic E-state index is 12.1. The molecule has 0 radical (unpaired) electrons. The van der Waals surface area contributed by atoms with E-state index in [1.165, 1.54) is 37.6 Å². The number of rotatable bonds is 5. The van der Waals surface area contributed by atoms with Gasteiger partial charge in [-0.05, 0) is 45.0 Å². The topological polar surface area (TPSA) is 62.3 Å². The molecule has 0 bridgehead atoms. The van der Waals surface area contributed by atoms with Gasteiger partial charge in [-0.2, -0.15) is 0 Å². The number of sulfonamides is 1. The van der Waals surface area contributed by atoms with E-state index >= 15 is 0 Å². The number of nitrogens with zero attached hydrogens (tertiary/aromatic N) is 2. The van der Waals surface area contributed by atoms with Gasteiger partial charge < -0.3 is 0 Å². The van der Waals surface area contributed by atoms with Crippen LogP contribution in [0.2, 0.25) is 5.15 Å². The first-order chi connectivity index (χ1) is 9.49. The Labute approximate surface area is 125 Å². The minimum Gasteiger partial charge on any atom is -0.299 e. The summed E-state index contributed by atoms with van der Waals surface area (Å²) in [4.78, 5) is 6.27. The van der Waals surface area contributed by atoms with Crippen molar-refractivity contribution in [1.82, 2.24) is 14.6 Å². The largest absolute Gasteiger partial charge is 0.299 e. The van der Waals surface area contributed by atoms with Gasteiger partial charge in [0.1, 0.15) is 10.0 Å². The van der Waals surface area contributed by atoms with Crippen LogP contribution in [-0.2, 0) is 10.0 Å². The van der Waals surface area contributed by atoms with Crippen molar-refractivity contribution in [1.29, 1.82) is 0 Å². The van der Waals surface area contributed by atoms with Gasteiger partial charge in [-0.3, -0.25) is 4.90 Å². The molecule has 20 heavy (non-hydrogen) atoms. The fourth-order valence-electron chi connectivity index (χ4n) is 2.32. The van der Waals surface area contributed by atoms with Crippen molar-refractivity contribution in [2.45, 2.75) is 37.1 Å². The molecule has 1 aliphatic rings. The van der Waals surface area contributed by atoms with E-state index in [0.717, 1.165) is 13.1 Å². The summed E-state index contributed by atoms with van der Waals surface area (Å²) in [6.07, 6.45) is 4.93. The molecular weight excluding hydrogens is 298 g/mol. The van der Waals surface area contributed by atoms with Gasteiger partial charge in [-0.1, -0.05) is 18.0 Å². The normalized spacial score (nSPS) is 18.9. The minimum atomic E-state index is -3.51. The summed E-state index contributed by atoms with van der Waals surface area (Å²) in [7, 11) is -3.51. The first kappa shape index (κ1) is 15.7. The highest BCUT2D eigenvalue weighted by Crippen LogP contribution is 2.13. The highest BCUT2D eigenvalue weighted by Gasteiger charge is 2.20. The van der Waals surface area contributed by atoms with Crippen LogP contribution in [0, 0.1) is 0 Å². The van der Waals surface area contributed by atoms with E-state index in [9.17, 15) is 8.42 Å². The molecule has 1 aromatic heterocycles. The second-order valence-corrected chi connectivity index (χ2v) is 7.27. The Morgan fingerprint density at radius 2 is 2.05 bits per heavy atom. The summed E-state index contributed by atoms with van der Waals surface area (Å²) in [6.45, 7) is 4.55. The molecule has 0 aliphatic carbocycles. The zero-order valence-corrected chi connectivity index (χ0v) is 13.1. The fourth-order valence-corrected chi connectivity index (χ4v) is 3.50. The van der Waals surface area contributed by atoms with Gasteiger partial charge in [-0.25, -0.2) is 18.1 Å². The third-order valence-corrected chi connectivity index (χ3v) is 5.23. The number of aromatic nitrogens is 1. The molecule has 0 amide bonds. The number of halogens is 1. The Balaban J connectivity index is 1.93. The highest BCUT2D eigenvalue weighted by atomic mass is 35.5. The highest BCUT2D eigenvalue weighted by molar-refractivity contribution is 7.89. The summed E-state index contributed by atoms with van der Waals surface area (Å²) >= 11 is 5.66. The SMILES string of the molecule is CC(CNS(=O)(=O)c1ccc(Cl)nc1)N1CCCCC1. The van der Waals surface area contributed by atoms with Crippen molar-refractivity contribution in [2.24, 2.45) is 0 Å². The van der Waals surface area contributed by atoms with Gasteiger partial charge in [-0.15, -0.1) is 0 Å². The van der Waals surface area contributed by atoms with Crippen LogP contribution in [0.15, 0.2) is 23.2 Å². The van der Waals surface area contributed by atoms with E-state index in [0.29, 0.717) is 6.54 Å². The number of pyridine rings is 1. The fraction of sp³-hybridized carbons (Fsp3) is 0.615. The Morgan fingerprint density at radius 3 is 2.65 bits per heavy atom. The third-order valence-electron chi connectivity index (χ3n) is 3.59. The van der Waals surface area contributed by atoms with E-state index in [2.05, 4.69) is 14.6 Å². The summed E-state index contributed by atoms with van der Waals surface area (Å²) in [5, 5.41) is 0.283. The lowest BCUT2D eigenvalue weighted by Gasteiger charge is -2.32. The first-order valence-corrected chi connectivity index (χ1v) is 8.70. The van der Waals surface area contributed by atoms with Crippen LogP contribution in [-0.4, -0.2) is 44.0 Å². The van der Waals surface area contributed by atoms with E-state index < -0.39 is 10.0 Å². The number of piperidine rings is 1. The molecule has 112 valence electrons. The van der Waals surface area contributed by atoms with E-state index in [4.69, 9.17) is 11.6 Å². The Hall–Kier alpha value is -0.690. The third kappa shape index (κ3) is 4.15. The van der Waals surface area contributed by atoms with Crippen molar-refractivity contribution < 1.29 is 8.42 Å². The molecule has 7 heteroatoms. The van der Waals surface area contributed by atoms with Crippen LogP contribution in [0.4, 0.5) is 0 Å². The number of hydrogen-bond acceptors (Lipinski definition) is 4. The lowest BCUT2D eigenvalue weighted by Crippen LogP contribution is -2.44. The smallest absolute Gasteiger partial charge is 0.242 e. The van der Waals surface area contributed by atoms with Crippen molar-refractivity contribution in [3.05, 3.63) is 23.5 Å². The van der Waals surface area contributed by atoms with Gasteiger partial charge >= 0.3 is 0 Å². The van der Waals surface area contributed by atoms with Crippen LogP contribution in [0.1, 0.15) is 26.2 Å². The lowest BCUT2D eigenvalue weighted by atomic mass is 10.1. The standard InChI is InChI=1S/C13H20ClN3O2S/c1-11(17-7-3-2-4-8-17)9-16-20(18,19)12-5-6-13(14)15-10-12/h5-6,10-11,16H,2-4,7-9H2,1H3. The van der Waals surface area contributed by atoms with Crippen molar-refractivity contribution >= 4 is 21.6 Å². The Kier molecular flexibility index (Phi) is 5.37. The molecular formula is C13H20ClN3O2S. The predicted molar refractivity (Wildman–Crippen MR) is 79.3 cm³/mol. The van der Waals surface area contributed by atoms with Gasteiger partial charge in [0.15, 0.2) is 0 Å². The minimum absolute atomic E-state index is 0.146. The summed E-state index contributed by atoms with van der Waals surface area (Å²) in [5.74, 6) is 0. The lowest BCUT2D eigenvalue weighted by molar-refractivity contribution is 0.175. The molecule has 1 saturated heterocycles. The number of hydrogen-bond donors (Lipinski definition) is 1. The van der Waals surface area contributed by atoms with Crippen molar-refractivity contribution in [3.63, 3.8) is 0 Å². The molecule has 1 aliphatic heterocycles. The molecule has 0 saturated carbocycles. The van der Waals surface area contributed by atoms with Gasteiger partial charge in [0, 0.05) is 18.8 Å². The predicted octanol–water partition coefficient (Wildman–Crippen LogP) is 1.89. The van der Waals surface area contributed by atoms with Crippen LogP contribution in [0.25, 0.3) is 0 Å². The van der Waals surface area contributed by atoms with E-state index in [1.54, 1.807) is 0 Å². The van der Waals surface area contributed by atoms with Crippen LogP contribution in [0.3, 0.4) is 0 Å². The first-order valence-electron chi connectivity index (χ1n) is 6.84. The van der Waals surface area contributed by atoms with Gasteiger partial charge in [0.2, 0.25) is 10.0 Å². The van der Waals surface area contributed by atoms with E-state index in [1.807, 2.05) is 6.92 Å². The Morgan fingerprint density at radius 1 is 1.35 bits per heavy atom. The second-order valence-electron chi connectivity index (χ2n) is 5.11. The number of likely N-dealkylation sites (tertiary alicyclic amines) is 1. The maximum absolute atomic E-state index is 12.1. The summed E-state index contributed by atoms with van der Waals surface area (Å²) in [5.41, 5.74) is 0. The average molecular weight is 318 g/mol. The van der Waals surface area contributed by atoms with E-state index in [-0.39, 0.29) is 16.1 Å². The van der Waals surface area contributed by atoms with Gasteiger partial charge in [0.05, 0.1) is 0 Å². The number of nitrogens with one attached hydrogen (secondary N) is 1. The molecule has 2 rings (SSSR count). The molecule has 1 unspecified atom stereocenters. The zero-order chi connectivity index (χ0) is 14.6. The molecule has 2 heterocycles. The van der Waals surface area contributed by atoms with Crippen molar-refractivity contribution in [2.75, 3.05) is 19.6 Å². The zero-order valence-electron chi connectivity index (χ0n) is 11.5. The monoisotopic (exact) mass is 317 g/mol. The second kappa shape index (κ2) is 6.85. The molecule has 0 aromatic carbocycles.